The van der Waals surface area contributed by atoms with Gasteiger partial charge >= 0.3 is 0 Å². The number of nitrogens with zero attached hydrogens (tertiary/aromatic N) is 3. The van der Waals surface area contributed by atoms with Crippen molar-refractivity contribution in [3.63, 3.8) is 0 Å². The molecule has 1 saturated heterocycles. The SMILES string of the molecule is c1cc(C2CCN(Cc3cncs3)C2)[nH]n1. The average Bonchev–Trinajstić information content (AvgIpc) is 2.99. The van der Waals surface area contributed by atoms with Gasteiger partial charge in [0.1, 0.15) is 0 Å². The molecule has 0 aromatic carbocycles. The Bertz CT molecular complexity index is 423. The molecular weight excluding hydrogens is 220 g/mol. The van der Waals surface area contributed by atoms with Crippen LogP contribution in [-0.4, -0.2) is 33.2 Å². The number of hydrogen-bond acceptors (Lipinski definition) is 4. The first kappa shape index (κ1) is 9.99. The highest BCUT2D eigenvalue weighted by Gasteiger charge is 2.24. The molecule has 0 bridgehead atoms. The third-order valence-corrected chi connectivity index (χ3v) is 3.86. The predicted molar refractivity (Wildman–Crippen MR) is 63.3 cm³/mol. The Hall–Kier alpha value is -1.20. The van der Waals surface area contributed by atoms with Crippen LogP contribution in [0.15, 0.2) is 24.0 Å². The lowest BCUT2D eigenvalue weighted by atomic mass is 10.1. The lowest BCUT2D eigenvalue weighted by Crippen LogP contribution is -2.19. The van der Waals surface area contributed by atoms with Gasteiger partial charge in [-0.05, 0) is 19.0 Å². The molecule has 0 saturated carbocycles. The van der Waals surface area contributed by atoms with E-state index in [0.717, 1.165) is 13.1 Å². The standard InChI is InChI=1S/C11H14N4S/c1-3-13-14-11(1)9-2-4-15(6-9)7-10-5-12-8-16-10/h1,3,5,8-9H,2,4,6-7H2,(H,13,14). The van der Waals surface area contributed by atoms with E-state index in [1.807, 2.05) is 17.9 Å². The van der Waals surface area contributed by atoms with Crippen molar-refractivity contribution < 1.29 is 0 Å². The summed E-state index contributed by atoms with van der Waals surface area (Å²) in [6, 6.07) is 2.08. The average molecular weight is 234 g/mol. The van der Waals surface area contributed by atoms with Crippen LogP contribution in [0, 0.1) is 0 Å². The maximum atomic E-state index is 4.11. The largest absolute Gasteiger partial charge is 0.298 e. The fourth-order valence-electron chi connectivity index (χ4n) is 2.26. The van der Waals surface area contributed by atoms with Crippen LogP contribution in [-0.2, 0) is 6.54 Å². The van der Waals surface area contributed by atoms with Crippen LogP contribution in [0.4, 0.5) is 0 Å². The van der Waals surface area contributed by atoms with Gasteiger partial charge in [0.2, 0.25) is 0 Å². The van der Waals surface area contributed by atoms with E-state index >= 15 is 0 Å². The molecule has 5 heteroatoms. The highest BCUT2D eigenvalue weighted by Crippen LogP contribution is 2.26. The number of nitrogens with one attached hydrogen (secondary N) is 1. The highest BCUT2D eigenvalue weighted by atomic mass is 32.1. The number of H-pyrrole nitrogens is 1. The molecule has 1 aliphatic heterocycles. The fourth-order valence-corrected chi connectivity index (χ4v) is 2.90. The third-order valence-electron chi connectivity index (χ3n) is 3.10. The molecule has 0 aliphatic carbocycles. The number of likely N-dealkylation sites (tertiary alicyclic amines) is 1. The van der Waals surface area contributed by atoms with E-state index in [0.29, 0.717) is 5.92 Å². The van der Waals surface area contributed by atoms with Crippen LogP contribution in [0.1, 0.15) is 22.9 Å². The molecule has 1 aliphatic rings. The van der Waals surface area contributed by atoms with Gasteiger partial charge in [0.15, 0.2) is 0 Å². The van der Waals surface area contributed by atoms with E-state index in [4.69, 9.17) is 0 Å². The van der Waals surface area contributed by atoms with Crippen LogP contribution >= 0.6 is 11.3 Å². The predicted octanol–water partition coefficient (Wildman–Crippen LogP) is 1.86. The summed E-state index contributed by atoms with van der Waals surface area (Å²) in [5, 5.41) is 7.09. The van der Waals surface area contributed by atoms with Gasteiger partial charge in [0.05, 0.1) is 5.51 Å². The Balaban J connectivity index is 1.61. The first-order valence-electron chi connectivity index (χ1n) is 5.51. The maximum Gasteiger partial charge on any atom is 0.0794 e. The molecule has 0 radical (unpaired) electrons. The summed E-state index contributed by atoms with van der Waals surface area (Å²) >= 11 is 1.74. The minimum absolute atomic E-state index is 0.621. The van der Waals surface area contributed by atoms with E-state index in [1.165, 1.54) is 23.5 Å². The lowest BCUT2D eigenvalue weighted by molar-refractivity contribution is 0.329. The van der Waals surface area contributed by atoms with E-state index in [1.54, 1.807) is 11.3 Å². The van der Waals surface area contributed by atoms with Crippen LogP contribution < -0.4 is 0 Å². The molecule has 2 aromatic heterocycles. The monoisotopic (exact) mass is 234 g/mol. The molecule has 84 valence electrons. The molecule has 1 N–H and O–H groups in total. The second kappa shape index (κ2) is 4.35. The number of aromatic amines is 1. The van der Waals surface area contributed by atoms with Crippen LogP contribution in [0.2, 0.25) is 0 Å². The molecule has 0 amide bonds. The fraction of sp³-hybridized carbons (Fsp3) is 0.455. The molecule has 1 unspecified atom stereocenters. The normalized spacial score (nSPS) is 21.6. The van der Waals surface area contributed by atoms with Crippen LogP contribution in [0.5, 0.6) is 0 Å². The summed E-state index contributed by atoms with van der Waals surface area (Å²) < 4.78 is 0. The number of aromatic nitrogens is 3. The van der Waals surface area contributed by atoms with Crippen molar-refractivity contribution >= 4 is 11.3 Å². The summed E-state index contributed by atoms with van der Waals surface area (Å²) in [5.74, 6) is 0.621. The quantitative estimate of drug-likeness (QED) is 0.881. The molecular formula is C11H14N4S. The van der Waals surface area contributed by atoms with Gasteiger partial charge in [-0.1, -0.05) is 0 Å². The molecule has 1 atom stereocenters. The summed E-state index contributed by atoms with van der Waals surface area (Å²) in [7, 11) is 0. The van der Waals surface area contributed by atoms with Gasteiger partial charge in [0, 0.05) is 42.0 Å². The molecule has 0 spiro atoms. The zero-order valence-electron chi connectivity index (χ0n) is 8.97. The molecule has 3 rings (SSSR count). The van der Waals surface area contributed by atoms with Crippen molar-refractivity contribution in [2.45, 2.75) is 18.9 Å². The van der Waals surface area contributed by atoms with E-state index in [9.17, 15) is 0 Å². The van der Waals surface area contributed by atoms with Crippen molar-refractivity contribution in [3.8, 4) is 0 Å². The summed E-state index contributed by atoms with van der Waals surface area (Å²) in [6.07, 6.45) is 5.02. The number of rotatable bonds is 3. The summed E-state index contributed by atoms with van der Waals surface area (Å²) in [6.45, 7) is 3.33. The summed E-state index contributed by atoms with van der Waals surface area (Å²) in [4.78, 5) is 7.95. The summed E-state index contributed by atoms with van der Waals surface area (Å²) in [5.41, 5.74) is 3.17. The van der Waals surface area contributed by atoms with Crippen molar-refractivity contribution in [2.24, 2.45) is 0 Å². The number of thiazole rings is 1. The Labute approximate surface area is 98.3 Å². The van der Waals surface area contributed by atoms with Crippen molar-refractivity contribution in [1.29, 1.82) is 0 Å². The second-order valence-electron chi connectivity index (χ2n) is 4.20. The van der Waals surface area contributed by atoms with Gasteiger partial charge < -0.3 is 0 Å². The zero-order chi connectivity index (χ0) is 10.8. The van der Waals surface area contributed by atoms with Gasteiger partial charge in [-0.3, -0.25) is 15.0 Å². The molecule has 1 fully saturated rings. The Morgan fingerprint density at radius 1 is 1.56 bits per heavy atom. The highest BCUT2D eigenvalue weighted by molar-refractivity contribution is 7.09. The molecule has 2 aromatic rings. The number of hydrogen-bond donors (Lipinski definition) is 1. The van der Waals surface area contributed by atoms with Crippen molar-refractivity contribution in [1.82, 2.24) is 20.1 Å². The van der Waals surface area contributed by atoms with E-state index in [2.05, 4.69) is 26.1 Å². The molecule has 4 nitrogen and oxygen atoms in total. The Morgan fingerprint density at radius 3 is 3.31 bits per heavy atom. The van der Waals surface area contributed by atoms with Gasteiger partial charge in [-0.25, -0.2) is 0 Å². The second-order valence-corrected chi connectivity index (χ2v) is 5.17. The van der Waals surface area contributed by atoms with Crippen molar-refractivity contribution in [2.75, 3.05) is 13.1 Å². The van der Waals surface area contributed by atoms with Crippen LogP contribution in [0.25, 0.3) is 0 Å². The smallest absolute Gasteiger partial charge is 0.0794 e. The molecule has 16 heavy (non-hydrogen) atoms. The first-order valence-corrected chi connectivity index (χ1v) is 6.39. The van der Waals surface area contributed by atoms with E-state index in [-0.39, 0.29) is 0 Å². The Morgan fingerprint density at radius 2 is 2.56 bits per heavy atom. The zero-order valence-corrected chi connectivity index (χ0v) is 9.78. The lowest BCUT2D eigenvalue weighted by Gasteiger charge is -2.13. The minimum atomic E-state index is 0.621. The first-order chi connectivity index (χ1) is 7.92. The topological polar surface area (TPSA) is 44.8 Å². The van der Waals surface area contributed by atoms with E-state index < -0.39 is 0 Å². The Kier molecular flexibility index (Phi) is 2.71. The van der Waals surface area contributed by atoms with Gasteiger partial charge in [-0.15, -0.1) is 11.3 Å². The minimum Gasteiger partial charge on any atom is -0.298 e. The third kappa shape index (κ3) is 2.01. The van der Waals surface area contributed by atoms with Crippen molar-refractivity contribution in [3.05, 3.63) is 34.5 Å². The van der Waals surface area contributed by atoms with Gasteiger partial charge in [-0.2, -0.15) is 5.10 Å². The molecule has 3 heterocycles. The maximum absolute atomic E-state index is 4.11. The van der Waals surface area contributed by atoms with Gasteiger partial charge in [0.25, 0.3) is 0 Å². The van der Waals surface area contributed by atoms with Crippen LogP contribution in [0.3, 0.4) is 0 Å².